The number of nitrogens with zero attached hydrogens (tertiary/aromatic N) is 1. The second kappa shape index (κ2) is 5.37. The van der Waals surface area contributed by atoms with Crippen LogP contribution in [0.1, 0.15) is 31.2 Å². The third kappa shape index (κ3) is 2.43. The Kier molecular flexibility index (Phi) is 3.62. The van der Waals surface area contributed by atoms with Crippen LogP contribution in [0.2, 0.25) is 0 Å². The van der Waals surface area contributed by atoms with Crippen LogP contribution in [-0.2, 0) is 6.54 Å². The van der Waals surface area contributed by atoms with Gasteiger partial charge in [-0.25, -0.2) is 4.39 Å². The summed E-state index contributed by atoms with van der Waals surface area (Å²) in [5.74, 6) is -0.0940. The van der Waals surface area contributed by atoms with Crippen molar-refractivity contribution in [3.63, 3.8) is 0 Å². The van der Waals surface area contributed by atoms with Crippen molar-refractivity contribution in [1.82, 2.24) is 10.2 Å². The van der Waals surface area contributed by atoms with Gasteiger partial charge in [-0.3, -0.25) is 4.90 Å². The average Bonchev–Trinajstić information content (AvgIpc) is 2.81. The van der Waals surface area contributed by atoms with Gasteiger partial charge in [-0.1, -0.05) is 24.6 Å². The van der Waals surface area contributed by atoms with E-state index in [2.05, 4.69) is 10.2 Å². The van der Waals surface area contributed by atoms with E-state index in [4.69, 9.17) is 0 Å². The maximum absolute atomic E-state index is 13.5. The van der Waals surface area contributed by atoms with Gasteiger partial charge in [0.05, 0.1) is 0 Å². The molecular formula is C15H21FN2. The molecule has 2 nitrogen and oxygen atoms in total. The highest BCUT2D eigenvalue weighted by molar-refractivity contribution is 5.17. The molecule has 2 saturated heterocycles. The standard InChI is InChI=1S/C15H21FN2/c16-13-6-2-1-5-12(13)11-17-14-8-10-18-9-4-3-7-15(14)18/h1-2,5-6,14-15,17H,3-4,7-11H2. The van der Waals surface area contributed by atoms with E-state index in [-0.39, 0.29) is 5.82 Å². The van der Waals surface area contributed by atoms with Crippen molar-refractivity contribution >= 4 is 0 Å². The maximum Gasteiger partial charge on any atom is 0.127 e. The van der Waals surface area contributed by atoms with Crippen LogP contribution in [0, 0.1) is 5.82 Å². The minimum atomic E-state index is -0.0940. The summed E-state index contributed by atoms with van der Waals surface area (Å²) in [6.45, 7) is 3.11. The summed E-state index contributed by atoms with van der Waals surface area (Å²) < 4.78 is 13.5. The lowest BCUT2D eigenvalue weighted by Gasteiger charge is -2.32. The van der Waals surface area contributed by atoms with Gasteiger partial charge in [-0.05, 0) is 31.9 Å². The average molecular weight is 248 g/mol. The van der Waals surface area contributed by atoms with Crippen LogP contribution in [-0.4, -0.2) is 30.1 Å². The van der Waals surface area contributed by atoms with Gasteiger partial charge in [-0.15, -0.1) is 0 Å². The summed E-state index contributed by atoms with van der Waals surface area (Å²) in [5.41, 5.74) is 0.784. The first-order chi connectivity index (χ1) is 8.84. The minimum Gasteiger partial charge on any atom is -0.308 e. The second-order valence-electron chi connectivity index (χ2n) is 5.47. The van der Waals surface area contributed by atoms with Gasteiger partial charge in [-0.2, -0.15) is 0 Å². The van der Waals surface area contributed by atoms with E-state index in [1.54, 1.807) is 12.1 Å². The largest absolute Gasteiger partial charge is 0.308 e. The van der Waals surface area contributed by atoms with E-state index in [1.807, 2.05) is 12.1 Å². The van der Waals surface area contributed by atoms with Crippen LogP contribution in [0.5, 0.6) is 0 Å². The number of hydrogen-bond acceptors (Lipinski definition) is 2. The molecular weight excluding hydrogens is 227 g/mol. The number of piperidine rings is 1. The Balaban J connectivity index is 1.59. The molecule has 0 spiro atoms. The highest BCUT2D eigenvalue weighted by Crippen LogP contribution is 2.27. The highest BCUT2D eigenvalue weighted by atomic mass is 19.1. The highest BCUT2D eigenvalue weighted by Gasteiger charge is 2.34. The normalized spacial score (nSPS) is 28.3. The molecule has 2 atom stereocenters. The number of rotatable bonds is 3. The van der Waals surface area contributed by atoms with E-state index >= 15 is 0 Å². The Morgan fingerprint density at radius 1 is 1.17 bits per heavy atom. The van der Waals surface area contributed by atoms with Crippen molar-refractivity contribution in [2.45, 2.75) is 44.3 Å². The molecule has 0 aliphatic carbocycles. The first-order valence-corrected chi connectivity index (χ1v) is 7.05. The molecule has 0 saturated carbocycles. The zero-order chi connectivity index (χ0) is 12.4. The van der Waals surface area contributed by atoms with E-state index in [0.717, 1.165) is 5.56 Å². The molecule has 2 aliphatic heterocycles. The predicted molar refractivity (Wildman–Crippen MR) is 70.9 cm³/mol. The molecule has 2 heterocycles. The summed E-state index contributed by atoms with van der Waals surface area (Å²) >= 11 is 0. The van der Waals surface area contributed by atoms with Gasteiger partial charge in [0.25, 0.3) is 0 Å². The molecule has 2 fully saturated rings. The van der Waals surface area contributed by atoms with Gasteiger partial charge >= 0.3 is 0 Å². The molecule has 0 radical (unpaired) electrons. The Labute approximate surface area is 108 Å². The summed E-state index contributed by atoms with van der Waals surface area (Å²) in [4.78, 5) is 2.60. The third-order valence-corrected chi connectivity index (χ3v) is 4.37. The SMILES string of the molecule is Fc1ccccc1CNC1CCN2CCCCC12. The molecule has 0 amide bonds. The zero-order valence-electron chi connectivity index (χ0n) is 10.7. The van der Waals surface area contributed by atoms with Crippen molar-refractivity contribution < 1.29 is 4.39 Å². The van der Waals surface area contributed by atoms with E-state index in [1.165, 1.54) is 38.8 Å². The Hall–Kier alpha value is -0.930. The quantitative estimate of drug-likeness (QED) is 0.884. The van der Waals surface area contributed by atoms with Crippen LogP contribution in [0.4, 0.5) is 4.39 Å². The van der Waals surface area contributed by atoms with E-state index in [0.29, 0.717) is 18.6 Å². The van der Waals surface area contributed by atoms with Crippen molar-refractivity contribution in [2.75, 3.05) is 13.1 Å². The molecule has 18 heavy (non-hydrogen) atoms. The Morgan fingerprint density at radius 2 is 2.06 bits per heavy atom. The molecule has 1 N–H and O–H groups in total. The fraction of sp³-hybridized carbons (Fsp3) is 0.600. The Bertz CT molecular complexity index is 407. The molecule has 98 valence electrons. The van der Waals surface area contributed by atoms with E-state index < -0.39 is 0 Å². The summed E-state index contributed by atoms with van der Waals surface area (Å²) in [6.07, 6.45) is 5.20. The molecule has 3 heteroatoms. The van der Waals surface area contributed by atoms with Crippen molar-refractivity contribution in [3.05, 3.63) is 35.6 Å². The lowest BCUT2D eigenvalue weighted by molar-refractivity contribution is 0.180. The van der Waals surface area contributed by atoms with Gasteiger partial charge in [0.2, 0.25) is 0 Å². The molecule has 3 rings (SSSR count). The van der Waals surface area contributed by atoms with Crippen LogP contribution < -0.4 is 5.32 Å². The van der Waals surface area contributed by atoms with Crippen molar-refractivity contribution in [3.8, 4) is 0 Å². The van der Waals surface area contributed by atoms with Gasteiger partial charge in [0.1, 0.15) is 5.82 Å². The Morgan fingerprint density at radius 3 is 2.94 bits per heavy atom. The van der Waals surface area contributed by atoms with Crippen LogP contribution >= 0.6 is 0 Å². The lowest BCUT2D eigenvalue weighted by atomic mass is 9.99. The van der Waals surface area contributed by atoms with E-state index in [9.17, 15) is 4.39 Å². The fourth-order valence-electron chi connectivity index (χ4n) is 3.37. The topological polar surface area (TPSA) is 15.3 Å². The van der Waals surface area contributed by atoms with Gasteiger partial charge < -0.3 is 5.32 Å². The predicted octanol–water partition coefficient (Wildman–Crippen LogP) is 2.54. The zero-order valence-corrected chi connectivity index (χ0v) is 10.7. The monoisotopic (exact) mass is 248 g/mol. The van der Waals surface area contributed by atoms with Crippen LogP contribution in [0.25, 0.3) is 0 Å². The van der Waals surface area contributed by atoms with Gasteiger partial charge in [0, 0.05) is 30.7 Å². The smallest absolute Gasteiger partial charge is 0.127 e. The number of hydrogen-bond donors (Lipinski definition) is 1. The minimum absolute atomic E-state index is 0.0940. The summed E-state index contributed by atoms with van der Waals surface area (Å²) in [5, 5.41) is 3.56. The second-order valence-corrected chi connectivity index (χ2v) is 5.47. The summed E-state index contributed by atoms with van der Waals surface area (Å²) in [6, 6.07) is 8.29. The fourth-order valence-corrected chi connectivity index (χ4v) is 3.37. The first kappa shape index (κ1) is 12.1. The molecule has 0 bridgehead atoms. The number of halogens is 1. The van der Waals surface area contributed by atoms with Crippen LogP contribution in [0.15, 0.2) is 24.3 Å². The summed E-state index contributed by atoms with van der Waals surface area (Å²) in [7, 11) is 0. The number of nitrogens with one attached hydrogen (secondary N) is 1. The van der Waals surface area contributed by atoms with Gasteiger partial charge in [0.15, 0.2) is 0 Å². The molecule has 2 aliphatic rings. The third-order valence-electron chi connectivity index (χ3n) is 4.37. The van der Waals surface area contributed by atoms with Crippen molar-refractivity contribution in [1.29, 1.82) is 0 Å². The van der Waals surface area contributed by atoms with Crippen LogP contribution in [0.3, 0.4) is 0 Å². The maximum atomic E-state index is 13.5. The molecule has 1 aromatic rings. The van der Waals surface area contributed by atoms with Crippen molar-refractivity contribution in [2.24, 2.45) is 0 Å². The number of fused-ring (bicyclic) bond motifs is 1. The first-order valence-electron chi connectivity index (χ1n) is 7.05. The molecule has 1 aromatic carbocycles. The molecule has 0 aromatic heterocycles. The lowest BCUT2D eigenvalue weighted by Crippen LogP contribution is -2.44. The molecule has 2 unspecified atom stereocenters. The number of benzene rings is 1.